The van der Waals surface area contributed by atoms with Crippen molar-refractivity contribution in [2.45, 2.75) is 40.0 Å². The molecular weight excluding hydrogens is 242 g/mol. The summed E-state index contributed by atoms with van der Waals surface area (Å²) in [5, 5.41) is 0. The zero-order chi connectivity index (χ0) is 13.5. The average Bonchev–Trinajstić information content (AvgIpc) is 2.26. The third-order valence-corrected chi connectivity index (χ3v) is 4.16. The number of hydrogen-bond acceptors (Lipinski definition) is 4. The van der Waals surface area contributed by atoms with E-state index in [9.17, 15) is 13.2 Å². The van der Waals surface area contributed by atoms with Crippen molar-refractivity contribution in [3.8, 4) is 0 Å². The van der Waals surface area contributed by atoms with Gasteiger partial charge in [0.05, 0.1) is 12.9 Å². The van der Waals surface area contributed by atoms with E-state index in [1.165, 1.54) is 7.11 Å². The summed E-state index contributed by atoms with van der Waals surface area (Å²) in [7, 11) is -2.00. The molecule has 0 aromatic carbocycles. The summed E-state index contributed by atoms with van der Waals surface area (Å²) in [5.74, 6) is -0.420. The first-order valence-electron chi connectivity index (χ1n) is 5.76. The summed E-state index contributed by atoms with van der Waals surface area (Å²) in [6.07, 6.45) is 1.32. The van der Waals surface area contributed by atoms with Crippen molar-refractivity contribution in [2.24, 2.45) is 5.41 Å². The highest BCUT2D eigenvalue weighted by Gasteiger charge is 2.19. The molecule has 0 fully saturated rings. The summed E-state index contributed by atoms with van der Waals surface area (Å²) in [4.78, 5) is 10.8. The number of esters is 1. The van der Waals surface area contributed by atoms with Gasteiger partial charge in [0.15, 0.2) is 0 Å². The minimum Gasteiger partial charge on any atom is -0.469 e. The van der Waals surface area contributed by atoms with Crippen LogP contribution in [0.4, 0.5) is 0 Å². The highest BCUT2D eigenvalue weighted by atomic mass is 32.2. The van der Waals surface area contributed by atoms with Crippen molar-refractivity contribution < 1.29 is 17.9 Å². The summed E-state index contributed by atoms with van der Waals surface area (Å²) >= 11 is 0. The van der Waals surface area contributed by atoms with Gasteiger partial charge in [-0.2, -0.15) is 0 Å². The van der Waals surface area contributed by atoms with E-state index in [2.05, 4.69) is 9.46 Å². The predicted octanol–water partition coefficient (Wildman–Crippen LogP) is 1.30. The second-order valence-corrected chi connectivity index (χ2v) is 6.76. The number of methoxy groups -OCH3 is 1. The van der Waals surface area contributed by atoms with Gasteiger partial charge < -0.3 is 4.74 Å². The lowest BCUT2D eigenvalue weighted by atomic mass is 9.91. The monoisotopic (exact) mass is 265 g/mol. The van der Waals surface area contributed by atoms with Crippen LogP contribution in [0.5, 0.6) is 0 Å². The van der Waals surface area contributed by atoms with Crippen molar-refractivity contribution >= 4 is 16.0 Å². The van der Waals surface area contributed by atoms with Crippen LogP contribution in [0.15, 0.2) is 0 Å². The fraction of sp³-hybridized carbons (Fsp3) is 0.909. The summed E-state index contributed by atoms with van der Waals surface area (Å²) in [6, 6.07) is 0. The Kier molecular flexibility index (Phi) is 6.70. The lowest BCUT2D eigenvalue weighted by molar-refractivity contribution is -0.140. The van der Waals surface area contributed by atoms with E-state index in [1.807, 2.05) is 20.8 Å². The third kappa shape index (κ3) is 8.15. The Balaban J connectivity index is 4.01. The van der Waals surface area contributed by atoms with Crippen LogP contribution in [0.3, 0.4) is 0 Å². The molecule has 6 heteroatoms. The summed E-state index contributed by atoms with van der Waals surface area (Å²) < 4.78 is 30.2. The second-order valence-electron chi connectivity index (χ2n) is 4.84. The van der Waals surface area contributed by atoms with Gasteiger partial charge in [-0.05, 0) is 18.3 Å². The van der Waals surface area contributed by atoms with Crippen molar-refractivity contribution in [3.05, 3.63) is 0 Å². The van der Waals surface area contributed by atoms with Crippen LogP contribution in [0.1, 0.15) is 40.0 Å². The molecule has 0 rings (SSSR count). The van der Waals surface area contributed by atoms with E-state index >= 15 is 0 Å². The van der Waals surface area contributed by atoms with Gasteiger partial charge in [0.2, 0.25) is 10.0 Å². The van der Waals surface area contributed by atoms with Crippen LogP contribution in [0.25, 0.3) is 0 Å². The van der Waals surface area contributed by atoms with E-state index in [4.69, 9.17) is 0 Å². The van der Waals surface area contributed by atoms with Gasteiger partial charge in [0, 0.05) is 13.0 Å². The summed E-state index contributed by atoms with van der Waals surface area (Å²) in [6.45, 7) is 6.45. The van der Waals surface area contributed by atoms with Gasteiger partial charge in [0.25, 0.3) is 0 Å². The molecule has 0 spiro atoms. The highest BCUT2D eigenvalue weighted by molar-refractivity contribution is 7.89. The predicted molar refractivity (Wildman–Crippen MR) is 67.1 cm³/mol. The number of rotatable bonds is 8. The minimum absolute atomic E-state index is 0.0398. The molecular formula is C11H23NO4S. The number of sulfonamides is 1. The Morgan fingerprint density at radius 2 is 1.94 bits per heavy atom. The minimum atomic E-state index is -3.29. The zero-order valence-electron chi connectivity index (χ0n) is 11.1. The van der Waals surface area contributed by atoms with Crippen molar-refractivity contribution in [1.29, 1.82) is 0 Å². The molecule has 0 bridgehead atoms. The maximum atomic E-state index is 11.6. The van der Waals surface area contributed by atoms with Crippen LogP contribution < -0.4 is 4.72 Å². The lowest BCUT2D eigenvalue weighted by Crippen LogP contribution is -2.35. The van der Waals surface area contributed by atoms with Crippen LogP contribution in [-0.2, 0) is 19.6 Å². The van der Waals surface area contributed by atoms with E-state index < -0.39 is 10.0 Å². The third-order valence-electron chi connectivity index (χ3n) is 2.75. The average molecular weight is 265 g/mol. The molecule has 0 unspecified atom stereocenters. The van der Waals surface area contributed by atoms with E-state index in [1.54, 1.807) is 0 Å². The van der Waals surface area contributed by atoms with Crippen molar-refractivity contribution in [2.75, 3.05) is 19.4 Å². The molecule has 0 aromatic rings. The SMILES string of the molecule is CCC(C)(C)CNS(=O)(=O)CCCC(=O)OC. The Hall–Kier alpha value is -0.620. The topological polar surface area (TPSA) is 72.5 Å². The van der Waals surface area contributed by atoms with Crippen LogP contribution >= 0.6 is 0 Å². The molecule has 0 heterocycles. The second kappa shape index (κ2) is 6.96. The molecule has 0 aliphatic rings. The maximum absolute atomic E-state index is 11.6. The molecule has 1 N–H and O–H groups in total. The van der Waals surface area contributed by atoms with Gasteiger partial charge in [-0.1, -0.05) is 20.8 Å². The van der Waals surface area contributed by atoms with Crippen LogP contribution in [0, 0.1) is 5.41 Å². The Morgan fingerprint density at radius 1 is 1.35 bits per heavy atom. The molecule has 0 aliphatic carbocycles. The van der Waals surface area contributed by atoms with Crippen molar-refractivity contribution in [3.63, 3.8) is 0 Å². The fourth-order valence-electron chi connectivity index (χ4n) is 1.01. The molecule has 0 atom stereocenters. The van der Waals surface area contributed by atoms with Gasteiger partial charge in [0.1, 0.15) is 0 Å². The van der Waals surface area contributed by atoms with E-state index in [0.717, 1.165) is 6.42 Å². The summed E-state index contributed by atoms with van der Waals surface area (Å²) in [5.41, 5.74) is -0.0462. The van der Waals surface area contributed by atoms with Gasteiger partial charge in [-0.3, -0.25) is 4.79 Å². The largest absolute Gasteiger partial charge is 0.469 e. The molecule has 102 valence electrons. The van der Waals surface area contributed by atoms with Gasteiger partial charge in [-0.15, -0.1) is 0 Å². The fourth-order valence-corrected chi connectivity index (χ4v) is 2.29. The number of ether oxygens (including phenoxy) is 1. The van der Waals surface area contributed by atoms with E-state index in [0.29, 0.717) is 6.54 Å². The molecule has 0 saturated carbocycles. The van der Waals surface area contributed by atoms with Gasteiger partial charge >= 0.3 is 5.97 Å². The first-order valence-corrected chi connectivity index (χ1v) is 7.42. The molecule has 0 aliphatic heterocycles. The quantitative estimate of drug-likeness (QED) is 0.671. The van der Waals surface area contributed by atoms with Crippen LogP contribution in [-0.4, -0.2) is 33.8 Å². The van der Waals surface area contributed by atoms with Gasteiger partial charge in [-0.25, -0.2) is 13.1 Å². The number of hydrogen-bond donors (Lipinski definition) is 1. The van der Waals surface area contributed by atoms with E-state index in [-0.39, 0.29) is 30.0 Å². The Labute approximate surface area is 104 Å². The maximum Gasteiger partial charge on any atom is 0.305 e. The molecule has 0 aromatic heterocycles. The number of carbonyl (C=O) groups is 1. The first-order chi connectivity index (χ1) is 7.72. The first kappa shape index (κ1) is 16.4. The molecule has 17 heavy (non-hydrogen) atoms. The number of nitrogens with one attached hydrogen (secondary N) is 1. The molecule has 5 nitrogen and oxygen atoms in total. The Bertz CT molecular complexity index is 335. The number of carbonyl (C=O) groups excluding carboxylic acids is 1. The molecule has 0 radical (unpaired) electrons. The van der Waals surface area contributed by atoms with Crippen LogP contribution in [0.2, 0.25) is 0 Å². The standard InChI is InChI=1S/C11H23NO4S/c1-5-11(2,3)9-12-17(14,15)8-6-7-10(13)16-4/h12H,5-9H2,1-4H3. The lowest BCUT2D eigenvalue weighted by Gasteiger charge is -2.22. The highest BCUT2D eigenvalue weighted by Crippen LogP contribution is 2.18. The Morgan fingerprint density at radius 3 is 2.41 bits per heavy atom. The smallest absolute Gasteiger partial charge is 0.305 e. The molecule has 0 saturated heterocycles. The molecule has 0 amide bonds. The zero-order valence-corrected chi connectivity index (χ0v) is 11.9. The normalized spacial score (nSPS) is 12.5. The van der Waals surface area contributed by atoms with Crippen molar-refractivity contribution in [1.82, 2.24) is 4.72 Å².